The van der Waals surface area contributed by atoms with Crippen molar-refractivity contribution in [1.82, 2.24) is 15.5 Å². The van der Waals surface area contributed by atoms with Gasteiger partial charge >= 0.3 is 0 Å². The third-order valence-electron chi connectivity index (χ3n) is 5.63. The van der Waals surface area contributed by atoms with Gasteiger partial charge in [0.05, 0.1) is 14.2 Å². The fourth-order valence-electron chi connectivity index (χ4n) is 3.93. The normalized spacial score (nSPS) is 23.6. The Labute approximate surface area is 162 Å². The number of likely N-dealkylation sites (tertiary alicyclic amines) is 1. The molecule has 0 saturated carbocycles. The number of rotatable bonds is 6. The molecule has 2 aliphatic heterocycles. The third-order valence-corrected chi connectivity index (χ3v) is 5.63. The number of hydrogen-bond donors (Lipinski definition) is 2. The molecular weight excluding hydrogens is 342 g/mol. The summed E-state index contributed by atoms with van der Waals surface area (Å²) in [5.41, 5.74) is 1.13. The Hall–Kier alpha value is -2.15. The van der Waals surface area contributed by atoms with Crippen LogP contribution in [0.2, 0.25) is 0 Å². The van der Waals surface area contributed by atoms with Crippen LogP contribution in [0.25, 0.3) is 0 Å². The predicted molar refractivity (Wildman–Crippen MR) is 110 cm³/mol. The summed E-state index contributed by atoms with van der Waals surface area (Å²) in [6.45, 7) is 4.07. The van der Waals surface area contributed by atoms with Gasteiger partial charge in [0.25, 0.3) is 0 Å². The number of aliphatic imine (C=N–C) groups is 1. The summed E-state index contributed by atoms with van der Waals surface area (Å²) in [6.07, 6.45) is 3.62. The van der Waals surface area contributed by atoms with E-state index in [4.69, 9.17) is 9.47 Å². The maximum absolute atomic E-state index is 5.40. The Balaban J connectivity index is 1.54. The van der Waals surface area contributed by atoms with E-state index in [1.165, 1.54) is 19.4 Å². The molecule has 2 heterocycles. The van der Waals surface area contributed by atoms with Gasteiger partial charge in [-0.25, -0.2) is 0 Å². The fourth-order valence-corrected chi connectivity index (χ4v) is 3.93. The number of anilines is 1. The molecule has 27 heavy (non-hydrogen) atoms. The second-order valence-electron chi connectivity index (χ2n) is 7.38. The van der Waals surface area contributed by atoms with Crippen molar-refractivity contribution in [2.45, 2.75) is 31.3 Å². The monoisotopic (exact) mass is 375 g/mol. The van der Waals surface area contributed by atoms with Crippen LogP contribution in [0.15, 0.2) is 23.2 Å². The van der Waals surface area contributed by atoms with Crippen LogP contribution in [-0.4, -0.2) is 77.4 Å². The van der Waals surface area contributed by atoms with Crippen molar-refractivity contribution in [3.63, 3.8) is 0 Å². The number of nitrogens with one attached hydrogen (secondary N) is 2. The Morgan fingerprint density at radius 1 is 1.15 bits per heavy atom. The van der Waals surface area contributed by atoms with Gasteiger partial charge in [0, 0.05) is 62.7 Å². The standard InChI is InChI=1S/C20H33N5O2/c1-21-20(22-13-16-6-5-8-24(16)2)23-15-7-9-25(14-15)17-10-18(26-3)12-19(11-17)27-4/h10-12,15-16H,5-9,13-14H2,1-4H3,(H2,21,22,23). The van der Waals surface area contributed by atoms with Crippen LogP contribution >= 0.6 is 0 Å². The molecule has 0 spiro atoms. The lowest BCUT2D eigenvalue weighted by atomic mass is 10.2. The molecule has 7 heteroatoms. The summed E-state index contributed by atoms with van der Waals surface area (Å²) in [7, 11) is 7.41. The van der Waals surface area contributed by atoms with Crippen LogP contribution in [0.5, 0.6) is 11.5 Å². The van der Waals surface area contributed by atoms with Gasteiger partial charge in [0.2, 0.25) is 0 Å². The highest BCUT2D eigenvalue weighted by molar-refractivity contribution is 5.80. The highest BCUT2D eigenvalue weighted by atomic mass is 16.5. The zero-order valence-corrected chi connectivity index (χ0v) is 17.0. The number of guanidine groups is 1. The van der Waals surface area contributed by atoms with Gasteiger partial charge in [0.15, 0.2) is 5.96 Å². The van der Waals surface area contributed by atoms with E-state index >= 15 is 0 Å². The van der Waals surface area contributed by atoms with Crippen LogP contribution in [0.3, 0.4) is 0 Å². The molecule has 0 aliphatic carbocycles. The van der Waals surface area contributed by atoms with Crippen molar-refractivity contribution >= 4 is 11.6 Å². The zero-order valence-electron chi connectivity index (χ0n) is 17.0. The SMILES string of the molecule is CN=C(NCC1CCCN1C)NC1CCN(c2cc(OC)cc(OC)c2)C1. The molecule has 0 aromatic heterocycles. The van der Waals surface area contributed by atoms with E-state index in [1.807, 2.05) is 13.1 Å². The lowest BCUT2D eigenvalue weighted by Gasteiger charge is -2.23. The lowest BCUT2D eigenvalue weighted by Crippen LogP contribution is -2.48. The Morgan fingerprint density at radius 2 is 1.89 bits per heavy atom. The summed E-state index contributed by atoms with van der Waals surface area (Å²) in [4.78, 5) is 9.19. The summed E-state index contributed by atoms with van der Waals surface area (Å²) in [5.74, 6) is 2.53. The first-order valence-electron chi connectivity index (χ1n) is 9.78. The van der Waals surface area contributed by atoms with Crippen LogP contribution < -0.4 is 25.0 Å². The molecule has 150 valence electrons. The molecule has 3 rings (SSSR count). The molecular formula is C20H33N5O2. The molecule has 2 unspecified atom stereocenters. The van der Waals surface area contributed by atoms with E-state index in [2.05, 4.69) is 44.6 Å². The van der Waals surface area contributed by atoms with E-state index in [0.717, 1.165) is 49.2 Å². The quantitative estimate of drug-likeness (QED) is 0.581. The van der Waals surface area contributed by atoms with Crippen LogP contribution in [0, 0.1) is 0 Å². The van der Waals surface area contributed by atoms with Gasteiger partial charge in [-0.2, -0.15) is 0 Å². The lowest BCUT2D eigenvalue weighted by molar-refractivity contribution is 0.309. The van der Waals surface area contributed by atoms with Gasteiger partial charge in [-0.3, -0.25) is 4.99 Å². The second kappa shape index (κ2) is 9.17. The van der Waals surface area contributed by atoms with Gasteiger partial charge in [-0.05, 0) is 32.9 Å². The number of methoxy groups -OCH3 is 2. The summed E-state index contributed by atoms with van der Waals surface area (Å²) >= 11 is 0. The minimum atomic E-state index is 0.370. The van der Waals surface area contributed by atoms with Crippen LogP contribution in [-0.2, 0) is 0 Å². The maximum Gasteiger partial charge on any atom is 0.191 e. The molecule has 2 N–H and O–H groups in total. The molecule has 2 fully saturated rings. The molecule has 1 aromatic carbocycles. The molecule has 7 nitrogen and oxygen atoms in total. The number of benzene rings is 1. The average Bonchev–Trinajstić information content (AvgIpc) is 3.33. The smallest absolute Gasteiger partial charge is 0.191 e. The number of nitrogens with zero attached hydrogens (tertiary/aromatic N) is 3. The molecule has 0 amide bonds. The fraction of sp³-hybridized carbons (Fsp3) is 0.650. The summed E-state index contributed by atoms with van der Waals surface area (Å²) in [6, 6.07) is 7.01. The first-order valence-corrected chi connectivity index (χ1v) is 9.78. The minimum absolute atomic E-state index is 0.370. The molecule has 2 aliphatic rings. The van der Waals surface area contributed by atoms with E-state index in [-0.39, 0.29) is 0 Å². The Morgan fingerprint density at radius 3 is 2.48 bits per heavy atom. The summed E-state index contributed by atoms with van der Waals surface area (Å²) < 4.78 is 10.8. The largest absolute Gasteiger partial charge is 0.497 e. The van der Waals surface area contributed by atoms with Crippen molar-refractivity contribution in [3.8, 4) is 11.5 Å². The first-order chi connectivity index (χ1) is 13.1. The first kappa shape index (κ1) is 19.6. The second-order valence-corrected chi connectivity index (χ2v) is 7.38. The molecule has 1 aromatic rings. The average molecular weight is 376 g/mol. The van der Waals surface area contributed by atoms with Crippen molar-refractivity contribution in [1.29, 1.82) is 0 Å². The Bertz CT molecular complexity index is 629. The van der Waals surface area contributed by atoms with Crippen molar-refractivity contribution in [2.75, 3.05) is 59.4 Å². The van der Waals surface area contributed by atoms with Crippen molar-refractivity contribution < 1.29 is 9.47 Å². The summed E-state index contributed by atoms with van der Waals surface area (Å²) in [5, 5.41) is 7.08. The molecule has 2 saturated heterocycles. The topological polar surface area (TPSA) is 61.4 Å². The highest BCUT2D eigenvalue weighted by Crippen LogP contribution is 2.30. The van der Waals surface area contributed by atoms with Gasteiger partial charge in [0.1, 0.15) is 11.5 Å². The van der Waals surface area contributed by atoms with Gasteiger partial charge in [-0.15, -0.1) is 0 Å². The maximum atomic E-state index is 5.40. The van der Waals surface area contributed by atoms with Crippen LogP contribution in [0.1, 0.15) is 19.3 Å². The highest BCUT2D eigenvalue weighted by Gasteiger charge is 2.25. The number of hydrogen-bond acceptors (Lipinski definition) is 5. The van der Waals surface area contributed by atoms with E-state index in [9.17, 15) is 0 Å². The molecule has 0 radical (unpaired) electrons. The minimum Gasteiger partial charge on any atom is -0.497 e. The van der Waals surface area contributed by atoms with Crippen molar-refractivity contribution in [3.05, 3.63) is 18.2 Å². The molecule has 0 bridgehead atoms. The third kappa shape index (κ3) is 4.97. The van der Waals surface area contributed by atoms with E-state index < -0.39 is 0 Å². The molecule has 2 atom stereocenters. The van der Waals surface area contributed by atoms with E-state index in [0.29, 0.717) is 12.1 Å². The van der Waals surface area contributed by atoms with Gasteiger partial charge < -0.3 is 29.9 Å². The Kier molecular flexibility index (Phi) is 6.66. The predicted octanol–water partition coefficient (Wildman–Crippen LogP) is 1.54. The van der Waals surface area contributed by atoms with Crippen LogP contribution in [0.4, 0.5) is 5.69 Å². The number of ether oxygens (including phenoxy) is 2. The zero-order chi connectivity index (χ0) is 19.2. The van der Waals surface area contributed by atoms with E-state index in [1.54, 1.807) is 14.2 Å². The van der Waals surface area contributed by atoms with Crippen molar-refractivity contribution in [2.24, 2.45) is 4.99 Å². The number of likely N-dealkylation sites (N-methyl/N-ethyl adjacent to an activating group) is 1. The van der Waals surface area contributed by atoms with Gasteiger partial charge in [-0.1, -0.05) is 0 Å².